The molecule has 1 aliphatic heterocycles. The molecule has 0 aliphatic carbocycles. The summed E-state index contributed by atoms with van der Waals surface area (Å²) < 4.78 is 5.43. The van der Waals surface area contributed by atoms with Gasteiger partial charge in [0.15, 0.2) is 0 Å². The fourth-order valence-electron chi connectivity index (χ4n) is 3.98. The molecule has 5 rings (SSSR count). The third kappa shape index (κ3) is 5.92. The average Bonchev–Trinajstić information content (AvgIpc) is 2.90. The van der Waals surface area contributed by atoms with E-state index in [1.54, 1.807) is 12.1 Å². The Bertz CT molecular complexity index is 1270. The number of rotatable bonds is 8. The van der Waals surface area contributed by atoms with Crippen molar-refractivity contribution in [2.45, 2.75) is 0 Å². The van der Waals surface area contributed by atoms with Gasteiger partial charge in [0.25, 0.3) is 5.91 Å². The predicted molar refractivity (Wildman–Crippen MR) is 139 cm³/mol. The van der Waals surface area contributed by atoms with E-state index in [-0.39, 0.29) is 5.91 Å². The summed E-state index contributed by atoms with van der Waals surface area (Å²) in [4.78, 5) is 24.3. The number of nitrogens with zero attached hydrogens (tertiary/aromatic N) is 3. The van der Waals surface area contributed by atoms with Crippen LogP contribution in [0.1, 0.15) is 10.4 Å². The molecule has 0 unspecified atom stereocenters. The maximum Gasteiger partial charge on any atom is 0.255 e. The summed E-state index contributed by atoms with van der Waals surface area (Å²) in [5.41, 5.74) is 3.00. The molecule has 1 amide bonds. The first-order valence-electron chi connectivity index (χ1n) is 11.8. The first kappa shape index (κ1) is 22.8. The second-order valence-corrected chi connectivity index (χ2v) is 8.32. The van der Waals surface area contributed by atoms with E-state index in [0.29, 0.717) is 11.5 Å². The lowest BCUT2D eigenvalue weighted by molar-refractivity contribution is 0.0398. The van der Waals surface area contributed by atoms with Crippen molar-refractivity contribution in [1.82, 2.24) is 14.9 Å². The van der Waals surface area contributed by atoms with Gasteiger partial charge in [-0.25, -0.2) is 4.98 Å². The molecule has 1 aromatic heterocycles. The van der Waals surface area contributed by atoms with E-state index in [9.17, 15) is 4.79 Å². The number of carbonyl (C=O) groups is 1. The van der Waals surface area contributed by atoms with Crippen LogP contribution < -0.4 is 16.0 Å². The lowest BCUT2D eigenvalue weighted by atomic mass is 10.2. The van der Waals surface area contributed by atoms with Crippen molar-refractivity contribution in [3.63, 3.8) is 0 Å². The van der Waals surface area contributed by atoms with Crippen LogP contribution in [-0.4, -0.2) is 60.2 Å². The van der Waals surface area contributed by atoms with E-state index >= 15 is 0 Å². The molecule has 1 fully saturated rings. The number of morpholine rings is 1. The highest BCUT2D eigenvalue weighted by Gasteiger charge is 2.12. The maximum absolute atomic E-state index is 12.5. The number of nitrogens with one attached hydrogen (secondary N) is 3. The smallest absolute Gasteiger partial charge is 0.255 e. The number of amides is 1. The molecule has 35 heavy (non-hydrogen) atoms. The highest BCUT2D eigenvalue weighted by Crippen LogP contribution is 2.24. The Labute approximate surface area is 204 Å². The molecule has 2 heterocycles. The van der Waals surface area contributed by atoms with Crippen LogP contribution in [0, 0.1) is 0 Å². The summed E-state index contributed by atoms with van der Waals surface area (Å²) in [5, 5.41) is 10.6. The second kappa shape index (κ2) is 10.9. The van der Waals surface area contributed by atoms with Gasteiger partial charge in [0, 0.05) is 48.5 Å². The molecule has 1 saturated heterocycles. The molecule has 0 radical (unpaired) electrons. The molecule has 1 aliphatic rings. The number of hydrogen-bond donors (Lipinski definition) is 3. The molecule has 0 spiro atoms. The fraction of sp³-hybridized carbons (Fsp3) is 0.222. The SMILES string of the molecule is O=C(Nc1ccccc1)c1ccc(Nc2nc(NCCN3CCOCC3)c3ccccc3n2)cc1. The zero-order valence-corrected chi connectivity index (χ0v) is 19.4. The Hall–Kier alpha value is -4.01. The highest BCUT2D eigenvalue weighted by atomic mass is 16.5. The van der Waals surface area contributed by atoms with Crippen LogP contribution in [0.15, 0.2) is 78.9 Å². The maximum atomic E-state index is 12.5. The summed E-state index contributed by atoms with van der Waals surface area (Å²) in [6.45, 7) is 5.20. The quantitative estimate of drug-likeness (QED) is 0.354. The van der Waals surface area contributed by atoms with Gasteiger partial charge in [-0.15, -0.1) is 0 Å². The van der Waals surface area contributed by atoms with Crippen molar-refractivity contribution in [1.29, 1.82) is 0 Å². The Morgan fingerprint density at radius 3 is 2.40 bits per heavy atom. The molecule has 8 heteroatoms. The molecule has 0 saturated carbocycles. The lowest BCUT2D eigenvalue weighted by Crippen LogP contribution is -2.39. The molecule has 3 aromatic carbocycles. The number of ether oxygens (including phenoxy) is 1. The van der Waals surface area contributed by atoms with E-state index in [1.807, 2.05) is 66.7 Å². The van der Waals surface area contributed by atoms with Gasteiger partial charge >= 0.3 is 0 Å². The van der Waals surface area contributed by atoms with Crippen molar-refractivity contribution in [2.24, 2.45) is 0 Å². The molecule has 3 N–H and O–H groups in total. The highest BCUT2D eigenvalue weighted by molar-refractivity contribution is 6.04. The largest absolute Gasteiger partial charge is 0.379 e. The van der Waals surface area contributed by atoms with Gasteiger partial charge in [-0.1, -0.05) is 30.3 Å². The van der Waals surface area contributed by atoms with Gasteiger partial charge in [0.1, 0.15) is 5.82 Å². The second-order valence-electron chi connectivity index (χ2n) is 8.32. The lowest BCUT2D eigenvalue weighted by Gasteiger charge is -2.26. The molecule has 8 nitrogen and oxygen atoms in total. The zero-order chi connectivity index (χ0) is 23.9. The molecular formula is C27H28N6O2. The Morgan fingerprint density at radius 1 is 0.857 bits per heavy atom. The Morgan fingerprint density at radius 2 is 1.60 bits per heavy atom. The summed E-state index contributed by atoms with van der Waals surface area (Å²) >= 11 is 0. The van der Waals surface area contributed by atoms with E-state index in [0.717, 1.165) is 67.5 Å². The van der Waals surface area contributed by atoms with Gasteiger partial charge < -0.3 is 20.7 Å². The predicted octanol–water partition coefficient (Wildman–Crippen LogP) is 4.37. The molecule has 0 atom stereocenters. The van der Waals surface area contributed by atoms with Gasteiger partial charge in [-0.05, 0) is 48.5 Å². The van der Waals surface area contributed by atoms with Crippen LogP contribution >= 0.6 is 0 Å². The van der Waals surface area contributed by atoms with Crippen LogP contribution in [0.25, 0.3) is 10.9 Å². The molecule has 0 bridgehead atoms. The van der Waals surface area contributed by atoms with Crippen molar-refractivity contribution >= 4 is 40.0 Å². The third-order valence-electron chi connectivity index (χ3n) is 5.86. The first-order valence-corrected chi connectivity index (χ1v) is 11.8. The first-order chi connectivity index (χ1) is 17.2. The van der Waals surface area contributed by atoms with Gasteiger partial charge in [-0.3, -0.25) is 9.69 Å². The number of anilines is 4. The van der Waals surface area contributed by atoms with Crippen molar-refractivity contribution in [2.75, 3.05) is 55.3 Å². The normalized spacial score (nSPS) is 13.9. The van der Waals surface area contributed by atoms with E-state index in [1.165, 1.54) is 0 Å². The number of fused-ring (bicyclic) bond motifs is 1. The number of para-hydroxylation sites is 2. The average molecular weight is 469 g/mol. The number of carbonyl (C=O) groups excluding carboxylic acids is 1. The summed E-state index contributed by atoms with van der Waals surface area (Å²) in [6, 6.07) is 24.6. The topological polar surface area (TPSA) is 91.4 Å². The van der Waals surface area contributed by atoms with E-state index < -0.39 is 0 Å². The van der Waals surface area contributed by atoms with Crippen LogP contribution in [0.5, 0.6) is 0 Å². The summed E-state index contributed by atoms with van der Waals surface area (Å²) in [6.07, 6.45) is 0. The fourth-order valence-corrected chi connectivity index (χ4v) is 3.98. The van der Waals surface area contributed by atoms with Crippen molar-refractivity contribution < 1.29 is 9.53 Å². The minimum atomic E-state index is -0.156. The third-order valence-corrected chi connectivity index (χ3v) is 5.86. The molecular weight excluding hydrogens is 440 g/mol. The number of hydrogen-bond acceptors (Lipinski definition) is 7. The zero-order valence-electron chi connectivity index (χ0n) is 19.4. The molecule has 178 valence electrons. The van der Waals surface area contributed by atoms with Crippen LogP contribution in [0.2, 0.25) is 0 Å². The number of aromatic nitrogens is 2. The monoisotopic (exact) mass is 468 g/mol. The van der Waals surface area contributed by atoms with E-state index in [4.69, 9.17) is 9.72 Å². The van der Waals surface area contributed by atoms with Crippen molar-refractivity contribution in [3.05, 3.63) is 84.4 Å². The minimum absolute atomic E-state index is 0.156. The van der Waals surface area contributed by atoms with Crippen LogP contribution in [0.4, 0.5) is 23.1 Å². The van der Waals surface area contributed by atoms with Crippen LogP contribution in [-0.2, 0) is 4.74 Å². The summed E-state index contributed by atoms with van der Waals surface area (Å²) in [7, 11) is 0. The standard InChI is InChI=1S/C27H28N6O2/c34-26(29-21-6-2-1-3-7-21)20-10-12-22(13-11-20)30-27-31-24-9-5-4-8-23(24)25(32-27)28-14-15-33-16-18-35-19-17-33/h1-13H,14-19H2,(H,29,34)(H2,28,30,31,32). The minimum Gasteiger partial charge on any atom is -0.379 e. The summed E-state index contributed by atoms with van der Waals surface area (Å²) in [5.74, 6) is 1.14. The number of benzene rings is 3. The van der Waals surface area contributed by atoms with Gasteiger partial charge in [-0.2, -0.15) is 4.98 Å². The van der Waals surface area contributed by atoms with Gasteiger partial charge in [0.2, 0.25) is 5.95 Å². The van der Waals surface area contributed by atoms with Crippen molar-refractivity contribution in [3.8, 4) is 0 Å². The molecule has 4 aromatic rings. The Balaban J connectivity index is 1.27. The van der Waals surface area contributed by atoms with Gasteiger partial charge in [0.05, 0.1) is 18.7 Å². The van der Waals surface area contributed by atoms with Crippen LogP contribution in [0.3, 0.4) is 0 Å². The van der Waals surface area contributed by atoms with E-state index in [2.05, 4.69) is 25.8 Å². The Kier molecular flexibility index (Phi) is 7.12.